The van der Waals surface area contributed by atoms with Gasteiger partial charge in [0.05, 0.1) is 0 Å². The Morgan fingerprint density at radius 2 is 1.47 bits per heavy atom. The molecule has 2 nitrogen and oxygen atoms in total. The zero-order valence-corrected chi connectivity index (χ0v) is 12.3. The van der Waals surface area contributed by atoms with Crippen molar-refractivity contribution in [3.63, 3.8) is 0 Å². The Balaban J connectivity index is 1.30. The van der Waals surface area contributed by atoms with E-state index in [4.69, 9.17) is 0 Å². The molecule has 0 aromatic rings. The molecule has 2 heteroatoms. The van der Waals surface area contributed by atoms with Crippen molar-refractivity contribution in [2.45, 2.75) is 63.3 Å². The second-order valence-corrected chi connectivity index (χ2v) is 8.11. The van der Waals surface area contributed by atoms with Gasteiger partial charge in [-0.1, -0.05) is 0 Å². The van der Waals surface area contributed by atoms with E-state index in [1.54, 1.807) is 19.3 Å². The lowest BCUT2D eigenvalue weighted by molar-refractivity contribution is -0.0201. The highest BCUT2D eigenvalue weighted by Crippen LogP contribution is 2.55. The lowest BCUT2D eigenvalue weighted by atomic mass is 9.53. The average molecular weight is 262 g/mol. The molecule has 4 bridgehead atoms. The summed E-state index contributed by atoms with van der Waals surface area (Å²) >= 11 is 0. The van der Waals surface area contributed by atoms with Crippen molar-refractivity contribution in [2.75, 3.05) is 19.6 Å². The van der Waals surface area contributed by atoms with Gasteiger partial charge in [0.1, 0.15) is 0 Å². The normalized spacial score (nSPS) is 45.8. The number of rotatable bonds is 4. The van der Waals surface area contributed by atoms with Crippen molar-refractivity contribution in [2.24, 2.45) is 23.7 Å². The smallest absolute Gasteiger partial charge is 0.0189 e. The molecule has 0 atom stereocenters. The first kappa shape index (κ1) is 12.6. The zero-order valence-electron chi connectivity index (χ0n) is 12.3. The second kappa shape index (κ2) is 5.04. The summed E-state index contributed by atoms with van der Waals surface area (Å²) < 4.78 is 0. The van der Waals surface area contributed by atoms with Gasteiger partial charge in [0, 0.05) is 5.54 Å². The Morgan fingerprint density at radius 1 is 0.895 bits per heavy atom. The summed E-state index contributed by atoms with van der Waals surface area (Å²) in [5.74, 6) is 4.23. The van der Waals surface area contributed by atoms with Gasteiger partial charge in [0.2, 0.25) is 0 Å². The third-order valence-electron chi connectivity index (χ3n) is 6.55. The molecule has 5 aliphatic rings. The first-order valence-electron chi connectivity index (χ1n) is 8.77. The van der Waals surface area contributed by atoms with Gasteiger partial charge < -0.3 is 10.6 Å². The Kier molecular flexibility index (Phi) is 3.35. The lowest BCUT2D eigenvalue weighted by Gasteiger charge is -2.57. The molecule has 0 unspecified atom stereocenters. The third kappa shape index (κ3) is 2.58. The summed E-state index contributed by atoms with van der Waals surface area (Å²) in [6, 6.07) is 0. The van der Waals surface area contributed by atoms with E-state index in [-0.39, 0.29) is 0 Å². The molecule has 0 amide bonds. The van der Waals surface area contributed by atoms with Crippen LogP contribution in [-0.4, -0.2) is 25.2 Å². The predicted octanol–water partition coefficient (Wildman–Crippen LogP) is 2.93. The van der Waals surface area contributed by atoms with Crippen molar-refractivity contribution in [1.29, 1.82) is 0 Å². The Bertz CT molecular complexity index is 284. The van der Waals surface area contributed by atoms with Gasteiger partial charge in [0.15, 0.2) is 0 Å². The lowest BCUT2D eigenvalue weighted by Crippen LogP contribution is -2.58. The van der Waals surface area contributed by atoms with Gasteiger partial charge in [-0.3, -0.25) is 0 Å². The number of piperidine rings is 1. The third-order valence-corrected chi connectivity index (χ3v) is 6.55. The van der Waals surface area contributed by atoms with E-state index in [9.17, 15) is 0 Å². The van der Waals surface area contributed by atoms with Gasteiger partial charge in [-0.25, -0.2) is 0 Å². The first-order valence-corrected chi connectivity index (χ1v) is 8.77. The van der Waals surface area contributed by atoms with E-state index in [0.717, 1.165) is 23.7 Å². The maximum absolute atomic E-state index is 4.05. The minimum Gasteiger partial charge on any atom is -0.317 e. The van der Waals surface area contributed by atoms with Crippen LogP contribution in [0.5, 0.6) is 0 Å². The van der Waals surface area contributed by atoms with Gasteiger partial charge in [-0.2, -0.15) is 0 Å². The van der Waals surface area contributed by atoms with E-state index in [2.05, 4.69) is 10.6 Å². The van der Waals surface area contributed by atoms with Crippen LogP contribution in [0.4, 0.5) is 0 Å². The highest BCUT2D eigenvalue weighted by atomic mass is 15.0. The van der Waals surface area contributed by atoms with Crippen molar-refractivity contribution in [1.82, 2.24) is 10.6 Å². The van der Waals surface area contributed by atoms with Crippen LogP contribution < -0.4 is 10.6 Å². The maximum atomic E-state index is 4.05. The maximum Gasteiger partial charge on any atom is 0.0189 e. The molecule has 19 heavy (non-hydrogen) atoms. The average Bonchev–Trinajstić information content (AvgIpc) is 2.38. The molecule has 1 heterocycles. The summed E-state index contributed by atoms with van der Waals surface area (Å²) in [7, 11) is 0. The van der Waals surface area contributed by atoms with Crippen LogP contribution in [0.1, 0.15) is 57.8 Å². The van der Waals surface area contributed by atoms with E-state index < -0.39 is 0 Å². The first-order chi connectivity index (χ1) is 9.31. The van der Waals surface area contributed by atoms with Crippen LogP contribution >= 0.6 is 0 Å². The van der Waals surface area contributed by atoms with Crippen LogP contribution in [0.25, 0.3) is 0 Å². The highest BCUT2D eigenvalue weighted by Gasteiger charge is 2.50. The molecule has 2 N–H and O–H groups in total. The fourth-order valence-corrected chi connectivity index (χ4v) is 6.04. The standard InChI is InChI=1S/C17H30N2/c1-4-18-5-2-13(1)3-6-19-17-10-14-7-15(11-17)9-16(8-14)12-17/h13-16,18-19H,1-12H2. The highest BCUT2D eigenvalue weighted by molar-refractivity contribution is 5.06. The van der Waals surface area contributed by atoms with Gasteiger partial charge in [-0.05, 0) is 101 Å². The molecule has 0 spiro atoms. The molecule has 4 aliphatic carbocycles. The molecule has 108 valence electrons. The Hall–Kier alpha value is -0.0800. The van der Waals surface area contributed by atoms with Gasteiger partial charge in [-0.15, -0.1) is 0 Å². The van der Waals surface area contributed by atoms with Crippen LogP contribution in [-0.2, 0) is 0 Å². The van der Waals surface area contributed by atoms with E-state index in [1.807, 2.05) is 0 Å². The molecule has 4 saturated carbocycles. The van der Waals surface area contributed by atoms with E-state index in [1.165, 1.54) is 58.2 Å². The zero-order chi connectivity index (χ0) is 12.7. The Morgan fingerprint density at radius 3 is 2.05 bits per heavy atom. The number of hydrogen-bond acceptors (Lipinski definition) is 2. The minimum absolute atomic E-state index is 0.585. The Labute approximate surface area is 118 Å². The predicted molar refractivity (Wildman–Crippen MR) is 79.1 cm³/mol. The minimum atomic E-state index is 0.585. The van der Waals surface area contributed by atoms with Crippen molar-refractivity contribution >= 4 is 0 Å². The summed E-state index contributed by atoms with van der Waals surface area (Å²) in [6.45, 7) is 3.79. The van der Waals surface area contributed by atoms with Gasteiger partial charge >= 0.3 is 0 Å². The van der Waals surface area contributed by atoms with Gasteiger partial charge in [0.25, 0.3) is 0 Å². The molecule has 1 aliphatic heterocycles. The molecule has 1 saturated heterocycles. The van der Waals surface area contributed by atoms with E-state index >= 15 is 0 Å². The summed E-state index contributed by atoms with van der Waals surface area (Å²) in [5, 5.41) is 7.53. The van der Waals surface area contributed by atoms with Crippen molar-refractivity contribution < 1.29 is 0 Å². The summed E-state index contributed by atoms with van der Waals surface area (Å²) in [5.41, 5.74) is 0.585. The largest absolute Gasteiger partial charge is 0.317 e. The molecule has 0 aromatic heterocycles. The van der Waals surface area contributed by atoms with Crippen LogP contribution in [0.3, 0.4) is 0 Å². The fraction of sp³-hybridized carbons (Fsp3) is 1.00. The second-order valence-electron chi connectivity index (χ2n) is 8.11. The summed E-state index contributed by atoms with van der Waals surface area (Å²) in [6.07, 6.45) is 13.4. The summed E-state index contributed by atoms with van der Waals surface area (Å²) in [4.78, 5) is 0. The molecular weight excluding hydrogens is 232 g/mol. The number of hydrogen-bond donors (Lipinski definition) is 2. The van der Waals surface area contributed by atoms with Crippen LogP contribution in [0.2, 0.25) is 0 Å². The van der Waals surface area contributed by atoms with Crippen molar-refractivity contribution in [3.8, 4) is 0 Å². The quantitative estimate of drug-likeness (QED) is 0.814. The van der Waals surface area contributed by atoms with Crippen LogP contribution in [0.15, 0.2) is 0 Å². The van der Waals surface area contributed by atoms with Crippen LogP contribution in [0, 0.1) is 23.7 Å². The van der Waals surface area contributed by atoms with E-state index in [0.29, 0.717) is 5.54 Å². The number of nitrogens with one attached hydrogen (secondary N) is 2. The molecule has 5 rings (SSSR count). The SMILES string of the molecule is C1CC(CCNC23CC4CC(CC(C4)C2)C3)CCN1. The molecule has 5 fully saturated rings. The molecular formula is C17H30N2. The topological polar surface area (TPSA) is 24.1 Å². The van der Waals surface area contributed by atoms with Crippen molar-refractivity contribution in [3.05, 3.63) is 0 Å². The monoisotopic (exact) mass is 262 g/mol. The fourth-order valence-electron chi connectivity index (χ4n) is 6.04. The molecule has 0 aromatic carbocycles. The molecule has 0 radical (unpaired) electrons.